The topological polar surface area (TPSA) is 48.8 Å². The van der Waals surface area contributed by atoms with Crippen LogP contribution in [0, 0.1) is 11.3 Å². The maximum atomic E-state index is 9.23. The molecule has 3 nitrogen and oxygen atoms in total. The molecule has 3 rings (SSSR count). The van der Waals surface area contributed by atoms with Gasteiger partial charge < -0.3 is 9.72 Å². The number of fused-ring (bicyclic) bond motifs is 3. The molecule has 2 aromatic rings. The van der Waals surface area contributed by atoms with Crippen LogP contribution in [0.5, 0.6) is 5.75 Å². The second-order valence-corrected chi connectivity index (χ2v) is 4.50. The average Bonchev–Trinajstić information content (AvgIpc) is 2.75. The third-order valence-corrected chi connectivity index (χ3v) is 3.55. The Balaban J connectivity index is 2.24. The van der Waals surface area contributed by atoms with Crippen LogP contribution < -0.4 is 4.74 Å². The van der Waals surface area contributed by atoms with Crippen LogP contribution in [-0.2, 0) is 6.42 Å². The quantitative estimate of drug-likeness (QED) is 0.812. The molecule has 1 N–H and O–H groups in total. The lowest BCUT2D eigenvalue weighted by atomic mass is 9.86. The molecule has 0 bridgehead atoms. The van der Waals surface area contributed by atoms with Crippen molar-refractivity contribution in [1.29, 1.82) is 5.26 Å². The Morgan fingerprint density at radius 1 is 1.47 bits per heavy atom. The molecule has 17 heavy (non-hydrogen) atoms. The molecule has 1 aliphatic rings. The van der Waals surface area contributed by atoms with Gasteiger partial charge in [0.2, 0.25) is 0 Å². The van der Waals surface area contributed by atoms with Crippen molar-refractivity contribution < 1.29 is 4.74 Å². The number of benzene rings is 1. The fraction of sp³-hybridized carbons (Fsp3) is 0.357. The molecule has 0 fully saturated rings. The van der Waals surface area contributed by atoms with E-state index in [-0.39, 0.29) is 5.92 Å². The first-order chi connectivity index (χ1) is 8.33. The molecule has 1 aromatic carbocycles. The summed E-state index contributed by atoms with van der Waals surface area (Å²) in [6.45, 7) is 0. The van der Waals surface area contributed by atoms with Crippen LogP contribution in [-0.4, -0.2) is 12.1 Å². The third kappa shape index (κ3) is 1.49. The minimum atomic E-state index is 0.0425. The predicted octanol–water partition coefficient (Wildman–Crippen LogP) is 3.12. The number of aromatic nitrogens is 1. The summed E-state index contributed by atoms with van der Waals surface area (Å²) >= 11 is 0. The summed E-state index contributed by atoms with van der Waals surface area (Å²) in [6.07, 6.45) is 3.11. The van der Waals surface area contributed by atoms with Crippen LogP contribution in [0.2, 0.25) is 0 Å². The molecule has 1 atom stereocenters. The maximum Gasteiger partial charge on any atom is 0.120 e. The van der Waals surface area contributed by atoms with Gasteiger partial charge in [-0.15, -0.1) is 0 Å². The number of ether oxygens (including phenoxy) is 1. The minimum absolute atomic E-state index is 0.0425. The van der Waals surface area contributed by atoms with Crippen molar-refractivity contribution >= 4 is 10.9 Å². The summed E-state index contributed by atoms with van der Waals surface area (Å²) in [6, 6.07) is 8.43. The molecule has 0 aliphatic heterocycles. The van der Waals surface area contributed by atoms with E-state index in [1.165, 1.54) is 16.6 Å². The Morgan fingerprint density at radius 3 is 3.12 bits per heavy atom. The van der Waals surface area contributed by atoms with Gasteiger partial charge in [-0.05, 0) is 37.0 Å². The fourth-order valence-corrected chi connectivity index (χ4v) is 2.73. The van der Waals surface area contributed by atoms with Crippen LogP contribution in [0.25, 0.3) is 10.9 Å². The molecule has 0 saturated heterocycles. The van der Waals surface area contributed by atoms with Crippen molar-refractivity contribution in [2.75, 3.05) is 7.11 Å². The molecule has 0 radical (unpaired) electrons. The van der Waals surface area contributed by atoms with Crippen molar-refractivity contribution in [2.24, 2.45) is 0 Å². The molecule has 0 spiro atoms. The molecular weight excluding hydrogens is 212 g/mol. The predicted molar refractivity (Wildman–Crippen MR) is 66.1 cm³/mol. The number of aromatic amines is 1. The van der Waals surface area contributed by atoms with E-state index in [0.717, 1.165) is 30.5 Å². The number of methoxy groups -OCH3 is 1. The molecule has 1 aliphatic carbocycles. The van der Waals surface area contributed by atoms with Crippen LogP contribution in [0.4, 0.5) is 0 Å². The van der Waals surface area contributed by atoms with E-state index in [9.17, 15) is 5.26 Å². The van der Waals surface area contributed by atoms with Gasteiger partial charge in [0.15, 0.2) is 0 Å². The number of nitrogens with one attached hydrogen (secondary N) is 1. The van der Waals surface area contributed by atoms with Crippen LogP contribution >= 0.6 is 0 Å². The fourth-order valence-electron chi connectivity index (χ4n) is 2.73. The third-order valence-electron chi connectivity index (χ3n) is 3.55. The van der Waals surface area contributed by atoms with E-state index in [2.05, 4.69) is 17.1 Å². The summed E-state index contributed by atoms with van der Waals surface area (Å²) in [5.41, 5.74) is 3.51. The van der Waals surface area contributed by atoms with Gasteiger partial charge in [0.25, 0.3) is 0 Å². The highest BCUT2D eigenvalue weighted by molar-refractivity contribution is 5.87. The largest absolute Gasteiger partial charge is 0.497 e. The number of rotatable bonds is 1. The molecule has 1 aromatic heterocycles. The summed E-state index contributed by atoms with van der Waals surface area (Å²) in [5.74, 6) is 0.894. The number of hydrogen-bond donors (Lipinski definition) is 1. The maximum absolute atomic E-state index is 9.23. The first-order valence-electron chi connectivity index (χ1n) is 5.91. The monoisotopic (exact) mass is 226 g/mol. The lowest BCUT2D eigenvalue weighted by molar-refractivity contribution is 0.415. The van der Waals surface area contributed by atoms with Crippen molar-refractivity contribution in [2.45, 2.75) is 25.2 Å². The highest BCUT2D eigenvalue weighted by Crippen LogP contribution is 2.37. The molecule has 1 unspecified atom stereocenters. The highest BCUT2D eigenvalue weighted by atomic mass is 16.5. The van der Waals surface area contributed by atoms with E-state index < -0.39 is 0 Å². The zero-order chi connectivity index (χ0) is 11.8. The van der Waals surface area contributed by atoms with Crippen molar-refractivity contribution in [1.82, 2.24) is 4.98 Å². The average molecular weight is 226 g/mol. The lowest BCUT2D eigenvalue weighted by Crippen LogP contribution is -2.06. The number of nitrogens with zero attached hydrogens (tertiary/aromatic N) is 1. The Kier molecular flexibility index (Phi) is 2.29. The smallest absolute Gasteiger partial charge is 0.120 e. The van der Waals surface area contributed by atoms with Gasteiger partial charge in [-0.1, -0.05) is 0 Å². The normalized spacial score (nSPS) is 18.7. The molecular formula is C14H14N2O. The summed E-state index contributed by atoms with van der Waals surface area (Å²) in [4.78, 5) is 3.42. The zero-order valence-electron chi connectivity index (χ0n) is 9.79. The second-order valence-electron chi connectivity index (χ2n) is 4.50. The Bertz CT molecular complexity index is 606. The lowest BCUT2D eigenvalue weighted by Gasteiger charge is -2.16. The van der Waals surface area contributed by atoms with E-state index >= 15 is 0 Å². The van der Waals surface area contributed by atoms with Gasteiger partial charge in [0.05, 0.1) is 19.1 Å². The van der Waals surface area contributed by atoms with Gasteiger partial charge in [0.1, 0.15) is 5.75 Å². The van der Waals surface area contributed by atoms with Crippen molar-refractivity contribution in [3.63, 3.8) is 0 Å². The van der Waals surface area contributed by atoms with Crippen LogP contribution in [0.3, 0.4) is 0 Å². The summed E-state index contributed by atoms with van der Waals surface area (Å²) < 4.78 is 5.22. The first-order valence-corrected chi connectivity index (χ1v) is 5.91. The summed E-state index contributed by atoms with van der Waals surface area (Å²) in [7, 11) is 1.67. The second kappa shape index (κ2) is 3.81. The van der Waals surface area contributed by atoms with Crippen LogP contribution in [0.15, 0.2) is 18.2 Å². The minimum Gasteiger partial charge on any atom is -0.497 e. The number of hydrogen-bond acceptors (Lipinski definition) is 2. The summed E-state index contributed by atoms with van der Waals surface area (Å²) in [5, 5.41) is 10.4. The standard InChI is InChI=1S/C14H14N2O/c1-17-10-5-6-11-13(7-10)16-12-4-2-3-9(8-15)14(11)12/h5-7,9,16H,2-4H2,1H3. The SMILES string of the molecule is COc1ccc2c3c([nH]c2c1)CCCC3C#N. The number of nitriles is 1. The molecule has 0 saturated carbocycles. The molecule has 1 heterocycles. The number of H-pyrrole nitrogens is 1. The van der Waals surface area contributed by atoms with E-state index in [1.807, 2.05) is 12.1 Å². The van der Waals surface area contributed by atoms with Gasteiger partial charge in [0, 0.05) is 22.7 Å². The van der Waals surface area contributed by atoms with E-state index in [4.69, 9.17) is 4.74 Å². The molecule has 86 valence electrons. The van der Waals surface area contributed by atoms with E-state index in [1.54, 1.807) is 7.11 Å². The Labute approximate surface area is 100 Å². The van der Waals surface area contributed by atoms with Gasteiger partial charge in [-0.2, -0.15) is 5.26 Å². The Morgan fingerprint density at radius 2 is 2.35 bits per heavy atom. The molecule has 0 amide bonds. The van der Waals surface area contributed by atoms with Gasteiger partial charge in [-0.25, -0.2) is 0 Å². The Hall–Kier alpha value is -1.95. The number of aryl methyl sites for hydroxylation is 1. The molecule has 3 heteroatoms. The first kappa shape index (κ1) is 10.2. The van der Waals surface area contributed by atoms with E-state index in [0.29, 0.717) is 0 Å². The zero-order valence-corrected chi connectivity index (χ0v) is 9.79. The van der Waals surface area contributed by atoms with Crippen molar-refractivity contribution in [3.05, 3.63) is 29.5 Å². The van der Waals surface area contributed by atoms with Gasteiger partial charge >= 0.3 is 0 Å². The van der Waals surface area contributed by atoms with Crippen molar-refractivity contribution in [3.8, 4) is 11.8 Å². The van der Waals surface area contributed by atoms with Gasteiger partial charge in [-0.3, -0.25) is 0 Å². The van der Waals surface area contributed by atoms with Crippen LogP contribution in [0.1, 0.15) is 30.0 Å². The highest BCUT2D eigenvalue weighted by Gasteiger charge is 2.24.